The summed E-state index contributed by atoms with van der Waals surface area (Å²) in [6, 6.07) is 0. The van der Waals surface area contributed by atoms with E-state index >= 15 is 0 Å². The van der Waals surface area contributed by atoms with E-state index in [-0.39, 0.29) is 17.6 Å². The molecule has 0 saturated carbocycles. The first-order valence-corrected chi connectivity index (χ1v) is 6.56. The number of primary amides is 1. The van der Waals surface area contributed by atoms with Crippen molar-refractivity contribution in [3.63, 3.8) is 0 Å². The maximum atomic E-state index is 10.7. The summed E-state index contributed by atoms with van der Waals surface area (Å²) >= 11 is 0. The topological polar surface area (TPSA) is 89.3 Å². The van der Waals surface area contributed by atoms with Gasteiger partial charge in [0.1, 0.15) is 9.84 Å². The van der Waals surface area contributed by atoms with Gasteiger partial charge in [0, 0.05) is 18.7 Å². The first-order chi connectivity index (χ1) is 6.33. The molecule has 0 spiro atoms. The first kappa shape index (κ1) is 13.4. The summed E-state index contributed by atoms with van der Waals surface area (Å²) in [5.74, 6) is -0.390. The van der Waals surface area contributed by atoms with E-state index in [1.165, 1.54) is 6.26 Å². The Morgan fingerprint density at radius 2 is 2.07 bits per heavy atom. The van der Waals surface area contributed by atoms with E-state index in [2.05, 4.69) is 5.32 Å². The van der Waals surface area contributed by atoms with Crippen LogP contribution in [0.15, 0.2) is 0 Å². The van der Waals surface area contributed by atoms with Crippen LogP contribution < -0.4 is 11.1 Å². The molecule has 0 aromatic heterocycles. The standard InChI is InChI=1S/C8H18N2O3S/c1-7(8(9)11)6-10-4-3-5-14(2,12)13/h7,10H,3-6H2,1-2H3,(H2,9,11). The van der Waals surface area contributed by atoms with Crippen LogP contribution in [0.4, 0.5) is 0 Å². The fourth-order valence-corrected chi connectivity index (χ4v) is 1.55. The molecular formula is C8H18N2O3S. The molecule has 3 N–H and O–H groups in total. The van der Waals surface area contributed by atoms with Crippen molar-refractivity contribution in [3.8, 4) is 0 Å². The molecule has 0 aliphatic heterocycles. The smallest absolute Gasteiger partial charge is 0.221 e. The summed E-state index contributed by atoms with van der Waals surface area (Å²) in [7, 11) is -2.87. The highest BCUT2D eigenvalue weighted by Gasteiger charge is 2.07. The van der Waals surface area contributed by atoms with E-state index < -0.39 is 9.84 Å². The minimum absolute atomic E-state index is 0.172. The lowest BCUT2D eigenvalue weighted by Crippen LogP contribution is -2.31. The van der Waals surface area contributed by atoms with Gasteiger partial charge in [-0.1, -0.05) is 6.92 Å². The van der Waals surface area contributed by atoms with Crippen LogP contribution in [0, 0.1) is 5.92 Å². The summed E-state index contributed by atoms with van der Waals surface area (Å²) in [6.07, 6.45) is 1.77. The lowest BCUT2D eigenvalue weighted by molar-refractivity contribution is -0.121. The van der Waals surface area contributed by atoms with Crippen molar-refractivity contribution in [1.29, 1.82) is 0 Å². The Balaban J connectivity index is 3.44. The normalized spacial score (nSPS) is 13.9. The van der Waals surface area contributed by atoms with E-state index in [0.29, 0.717) is 19.5 Å². The van der Waals surface area contributed by atoms with Gasteiger partial charge in [-0.25, -0.2) is 8.42 Å². The van der Waals surface area contributed by atoms with Crippen LogP contribution >= 0.6 is 0 Å². The van der Waals surface area contributed by atoms with Crippen LogP contribution in [0.25, 0.3) is 0 Å². The molecule has 0 fully saturated rings. The number of amides is 1. The van der Waals surface area contributed by atoms with E-state index in [0.717, 1.165) is 0 Å². The number of carbonyl (C=O) groups excluding carboxylic acids is 1. The summed E-state index contributed by atoms with van der Waals surface area (Å²) in [5.41, 5.74) is 5.05. The molecule has 0 heterocycles. The molecule has 0 radical (unpaired) electrons. The molecule has 0 aromatic rings. The third-order valence-corrected chi connectivity index (χ3v) is 2.84. The van der Waals surface area contributed by atoms with Crippen LogP contribution in [0.1, 0.15) is 13.3 Å². The van der Waals surface area contributed by atoms with Crippen LogP contribution in [0.3, 0.4) is 0 Å². The molecular weight excluding hydrogens is 204 g/mol. The van der Waals surface area contributed by atoms with Gasteiger partial charge in [-0.15, -0.1) is 0 Å². The number of nitrogens with one attached hydrogen (secondary N) is 1. The van der Waals surface area contributed by atoms with Gasteiger partial charge in [0.25, 0.3) is 0 Å². The van der Waals surface area contributed by atoms with Crippen LogP contribution in [-0.2, 0) is 14.6 Å². The van der Waals surface area contributed by atoms with Gasteiger partial charge in [0.05, 0.1) is 5.75 Å². The molecule has 14 heavy (non-hydrogen) atoms. The molecule has 1 unspecified atom stereocenters. The minimum Gasteiger partial charge on any atom is -0.369 e. The summed E-state index contributed by atoms with van der Waals surface area (Å²) in [6.45, 7) is 2.82. The lowest BCUT2D eigenvalue weighted by atomic mass is 10.2. The van der Waals surface area contributed by atoms with Crippen molar-refractivity contribution in [3.05, 3.63) is 0 Å². The van der Waals surface area contributed by atoms with Gasteiger partial charge in [-0.2, -0.15) is 0 Å². The molecule has 0 bridgehead atoms. The molecule has 1 amide bonds. The number of nitrogens with two attached hydrogens (primary N) is 1. The van der Waals surface area contributed by atoms with Crippen LogP contribution in [-0.4, -0.2) is 39.4 Å². The highest BCUT2D eigenvalue weighted by Crippen LogP contribution is 1.91. The predicted molar refractivity (Wildman–Crippen MR) is 55.6 cm³/mol. The van der Waals surface area contributed by atoms with E-state index in [1.807, 2.05) is 0 Å². The van der Waals surface area contributed by atoms with Crippen molar-refractivity contribution in [2.24, 2.45) is 11.7 Å². The molecule has 0 aliphatic rings. The number of rotatable bonds is 7. The second-order valence-corrected chi connectivity index (χ2v) is 5.75. The lowest BCUT2D eigenvalue weighted by Gasteiger charge is -2.08. The SMILES string of the molecule is CC(CNCCCS(C)(=O)=O)C(N)=O. The Labute approximate surface area is 85.0 Å². The average Bonchev–Trinajstić information content (AvgIpc) is 2.01. The maximum absolute atomic E-state index is 10.7. The van der Waals surface area contributed by atoms with Crippen molar-refractivity contribution in [1.82, 2.24) is 5.32 Å². The third-order valence-electron chi connectivity index (χ3n) is 1.80. The molecule has 6 heteroatoms. The Hall–Kier alpha value is -0.620. The Morgan fingerprint density at radius 3 is 2.50 bits per heavy atom. The molecule has 0 rings (SSSR count). The van der Waals surface area contributed by atoms with Crippen molar-refractivity contribution in [2.75, 3.05) is 25.1 Å². The Bertz CT molecular complexity index is 274. The summed E-state index contributed by atoms with van der Waals surface area (Å²) in [5, 5.41) is 2.97. The largest absolute Gasteiger partial charge is 0.369 e. The van der Waals surface area contributed by atoms with Crippen molar-refractivity contribution >= 4 is 15.7 Å². The van der Waals surface area contributed by atoms with E-state index in [9.17, 15) is 13.2 Å². The first-order valence-electron chi connectivity index (χ1n) is 4.50. The molecule has 5 nitrogen and oxygen atoms in total. The van der Waals surface area contributed by atoms with E-state index in [4.69, 9.17) is 5.73 Å². The van der Waals surface area contributed by atoms with Gasteiger partial charge in [0.15, 0.2) is 0 Å². The van der Waals surface area contributed by atoms with Gasteiger partial charge < -0.3 is 11.1 Å². The number of hydrogen-bond donors (Lipinski definition) is 2. The average molecular weight is 222 g/mol. The zero-order chi connectivity index (χ0) is 11.2. The van der Waals surface area contributed by atoms with Crippen molar-refractivity contribution in [2.45, 2.75) is 13.3 Å². The highest BCUT2D eigenvalue weighted by atomic mass is 32.2. The molecule has 84 valence electrons. The minimum atomic E-state index is -2.87. The highest BCUT2D eigenvalue weighted by molar-refractivity contribution is 7.90. The third kappa shape index (κ3) is 8.00. The molecule has 1 atom stereocenters. The number of sulfone groups is 1. The fourth-order valence-electron chi connectivity index (χ4n) is 0.879. The molecule has 0 aliphatic carbocycles. The van der Waals surface area contributed by atoms with Gasteiger partial charge >= 0.3 is 0 Å². The summed E-state index contributed by atoms with van der Waals surface area (Å²) in [4.78, 5) is 10.6. The van der Waals surface area contributed by atoms with Crippen molar-refractivity contribution < 1.29 is 13.2 Å². The number of carbonyl (C=O) groups is 1. The Morgan fingerprint density at radius 1 is 1.50 bits per heavy atom. The predicted octanol–water partition coefficient (Wildman–Crippen LogP) is -0.868. The second kappa shape index (κ2) is 5.98. The molecule has 0 aromatic carbocycles. The molecule has 0 saturated heterocycles. The van der Waals surface area contributed by atoms with Gasteiger partial charge in [-0.05, 0) is 13.0 Å². The quantitative estimate of drug-likeness (QED) is 0.548. The second-order valence-electron chi connectivity index (χ2n) is 3.49. The van der Waals surface area contributed by atoms with Crippen LogP contribution in [0.2, 0.25) is 0 Å². The number of hydrogen-bond acceptors (Lipinski definition) is 4. The van der Waals surface area contributed by atoms with E-state index in [1.54, 1.807) is 6.92 Å². The fraction of sp³-hybridized carbons (Fsp3) is 0.875. The monoisotopic (exact) mass is 222 g/mol. The Kier molecular flexibility index (Phi) is 5.71. The van der Waals surface area contributed by atoms with Gasteiger partial charge in [-0.3, -0.25) is 4.79 Å². The summed E-state index contributed by atoms with van der Waals surface area (Å²) < 4.78 is 21.5. The maximum Gasteiger partial charge on any atom is 0.221 e. The van der Waals surface area contributed by atoms with Crippen LogP contribution in [0.5, 0.6) is 0 Å². The zero-order valence-corrected chi connectivity index (χ0v) is 9.43. The van der Waals surface area contributed by atoms with Gasteiger partial charge in [0.2, 0.25) is 5.91 Å². The zero-order valence-electron chi connectivity index (χ0n) is 8.62.